The highest BCUT2D eigenvalue weighted by Gasteiger charge is 2.23. The van der Waals surface area contributed by atoms with Gasteiger partial charge in [-0.15, -0.1) is 0 Å². The summed E-state index contributed by atoms with van der Waals surface area (Å²) in [5.41, 5.74) is 0.0379. The van der Waals surface area contributed by atoms with E-state index in [0.717, 1.165) is 26.0 Å². The van der Waals surface area contributed by atoms with Crippen molar-refractivity contribution in [3.8, 4) is 0 Å². The minimum absolute atomic E-state index is 0.0379. The molecule has 1 aromatic heterocycles. The van der Waals surface area contributed by atoms with Crippen LogP contribution in [-0.2, 0) is 4.74 Å². The molecule has 0 amide bonds. The van der Waals surface area contributed by atoms with Gasteiger partial charge < -0.3 is 15.0 Å². The van der Waals surface area contributed by atoms with Crippen molar-refractivity contribution in [2.45, 2.75) is 19.8 Å². The van der Waals surface area contributed by atoms with Crippen molar-refractivity contribution in [1.82, 2.24) is 4.98 Å². The van der Waals surface area contributed by atoms with Crippen LogP contribution in [-0.4, -0.2) is 43.3 Å². The molecule has 0 radical (unpaired) electrons. The number of ether oxygens (including phenoxy) is 1. The molecule has 0 aliphatic carbocycles. The van der Waals surface area contributed by atoms with Crippen LogP contribution in [0.4, 0.5) is 17.3 Å². The fraction of sp³-hybridized carbons (Fsp3) is 0.643. The number of nitro groups is 1. The molecule has 21 heavy (non-hydrogen) atoms. The van der Waals surface area contributed by atoms with Crippen LogP contribution in [0.3, 0.4) is 0 Å². The summed E-state index contributed by atoms with van der Waals surface area (Å²) < 4.78 is 5.47. The normalized spacial score (nSPS) is 18.3. The fourth-order valence-corrected chi connectivity index (χ4v) is 2.57. The van der Waals surface area contributed by atoms with E-state index in [2.05, 4.69) is 10.3 Å². The van der Waals surface area contributed by atoms with E-state index < -0.39 is 0 Å². The molecule has 1 aliphatic rings. The molecule has 7 nitrogen and oxygen atoms in total. The SMILES string of the molecule is CCNc1ccc([N+](=O)[O-])c(N(C)CC2CCCOC2)n1. The second-order valence-corrected chi connectivity index (χ2v) is 5.29. The number of anilines is 2. The van der Waals surface area contributed by atoms with E-state index >= 15 is 0 Å². The summed E-state index contributed by atoms with van der Waals surface area (Å²) in [7, 11) is 1.85. The van der Waals surface area contributed by atoms with Crippen molar-refractivity contribution < 1.29 is 9.66 Å². The molecule has 116 valence electrons. The first kappa shape index (κ1) is 15.5. The summed E-state index contributed by atoms with van der Waals surface area (Å²) in [6.07, 6.45) is 2.14. The molecule has 0 bridgehead atoms. The molecule has 0 saturated carbocycles. The van der Waals surface area contributed by atoms with E-state index in [1.54, 1.807) is 6.07 Å². The van der Waals surface area contributed by atoms with Crippen LogP contribution in [0.15, 0.2) is 12.1 Å². The third-order valence-electron chi connectivity index (χ3n) is 3.56. The summed E-state index contributed by atoms with van der Waals surface area (Å²) >= 11 is 0. The number of nitrogens with zero attached hydrogens (tertiary/aromatic N) is 3. The van der Waals surface area contributed by atoms with Crippen LogP contribution in [0.25, 0.3) is 0 Å². The summed E-state index contributed by atoms with van der Waals surface area (Å²) in [5.74, 6) is 1.46. The Hall–Kier alpha value is -1.89. The van der Waals surface area contributed by atoms with Gasteiger partial charge in [-0.1, -0.05) is 0 Å². The smallest absolute Gasteiger partial charge is 0.311 e. The Kier molecular flexibility index (Phi) is 5.32. The Morgan fingerprint density at radius 1 is 1.57 bits per heavy atom. The van der Waals surface area contributed by atoms with Gasteiger partial charge in [0.2, 0.25) is 5.82 Å². The third kappa shape index (κ3) is 4.04. The monoisotopic (exact) mass is 294 g/mol. The highest BCUT2D eigenvalue weighted by atomic mass is 16.6. The highest BCUT2D eigenvalue weighted by Crippen LogP contribution is 2.28. The molecule has 1 atom stereocenters. The minimum Gasteiger partial charge on any atom is -0.381 e. The molecule has 1 saturated heterocycles. The Balaban J connectivity index is 2.17. The van der Waals surface area contributed by atoms with Crippen molar-refractivity contribution in [3.63, 3.8) is 0 Å². The van der Waals surface area contributed by atoms with Gasteiger partial charge in [-0.2, -0.15) is 0 Å². The van der Waals surface area contributed by atoms with Crippen LogP contribution in [0.1, 0.15) is 19.8 Å². The largest absolute Gasteiger partial charge is 0.381 e. The third-order valence-corrected chi connectivity index (χ3v) is 3.56. The van der Waals surface area contributed by atoms with Crippen molar-refractivity contribution in [1.29, 1.82) is 0 Å². The molecule has 7 heteroatoms. The van der Waals surface area contributed by atoms with E-state index in [1.807, 2.05) is 18.9 Å². The average molecular weight is 294 g/mol. The summed E-state index contributed by atoms with van der Waals surface area (Å²) in [5, 5.41) is 14.3. The van der Waals surface area contributed by atoms with E-state index in [0.29, 0.717) is 30.7 Å². The van der Waals surface area contributed by atoms with E-state index in [-0.39, 0.29) is 10.6 Å². The number of rotatable bonds is 6. The molecule has 0 aromatic carbocycles. The minimum atomic E-state index is -0.383. The Bertz CT molecular complexity index is 489. The average Bonchev–Trinajstić information content (AvgIpc) is 2.48. The number of aromatic nitrogens is 1. The lowest BCUT2D eigenvalue weighted by Gasteiger charge is -2.27. The maximum absolute atomic E-state index is 11.2. The molecule has 0 spiro atoms. The first-order valence-corrected chi connectivity index (χ1v) is 7.30. The van der Waals surface area contributed by atoms with Gasteiger partial charge in [-0.3, -0.25) is 10.1 Å². The first-order chi connectivity index (χ1) is 10.1. The zero-order valence-electron chi connectivity index (χ0n) is 12.5. The van der Waals surface area contributed by atoms with Gasteiger partial charge in [0.05, 0.1) is 11.5 Å². The zero-order chi connectivity index (χ0) is 15.2. The van der Waals surface area contributed by atoms with E-state index in [1.165, 1.54) is 6.07 Å². The van der Waals surface area contributed by atoms with Crippen LogP contribution >= 0.6 is 0 Å². The summed E-state index contributed by atoms with van der Waals surface area (Å²) in [6, 6.07) is 3.15. The van der Waals surface area contributed by atoms with Crippen LogP contribution in [0.5, 0.6) is 0 Å². The van der Waals surface area contributed by atoms with Crippen LogP contribution < -0.4 is 10.2 Å². The lowest BCUT2D eigenvalue weighted by Crippen LogP contribution is -2.31. The Morgan fingerprint density at radius 2 is 2.38 bits per heavy atom. The maximum Gasteiger partial charge on any atom is 0.311 e. The molecule has 1 N–H and O–H groups in total. The van der Waals surface area contributed by atoms with Gasteiger partial charge in [-0.25, -0.2) is 4.98 Å². The van der Waals surface area contributed by atoms with E-state index in [9.17, 15) is 10.1 Å². The van der Waals surface area contributed by atoms with E-state index in [4.69, 9.17) is 4.74 Å². The predicted octanol–water partition coefficient (Wildman–Crippen LogP) is 2.28. The second-order valence-electron chi connectivity index (χ2n) is 5.29. The van der Waals surface area contributed by atoms with Gasteiger partial charge >= 0.3 is 5.69 Å². The van der Waals surface area contributed by atoms with Crippen molar-refractivity contribution >= 4 is 17.3 Å². The van der Waals surface area contributed by atoms with Gasteiger partial charge in [0.1, 0.15) is 5.82 Å². The maximum atomic E-state index is 11.2. The zero-order valence-corrected chi connectivity index (χ0v) is 12.5. The predicted molar refractivity (Wildman–Crippen MR) is 81.9 cm³/mol. The van der Waals surface area contributed by atoms with Gasteiger partial charge in [-0.05, 0) is 31.7 Å². The first-order valence-electron chi connectivity index (χ1n) is 7.30. The molecule has 1 unspecified atom stereocenters. The lowest BCUT2D eigenvalue weighted by atomic mass is 10.0. The van der Waals surface area contributed by atoms with Crippen LogP contribution in [0.2, 0.25) is 0 Å². The van der Waals surface area contributed by atoms with Crippen molar-refractivity contribution in [2.24, 2.45) is 5.92 Å². The Morgan fingerprint density at radius 3 is 3.00 bits per heavy atom. The van der Waals surface area contributed by atoms with Gasteiger partial charge in [0.25, 0.3) is 0 Å². The molecule has 2 rings (SSSR count). The number of hydrogen-bond acceptors (Lipinski definition) is 6. The van der Waals surface area contributed by atoms with Gasteiger partial charge in [0, 0.05) is 32.8 Å². The number of hydrogen-bond donors (Lipinski definition) is 1. The second kappa shape index (κ2) is 7.21. The standard InChI is InChI=1S/C14H22N4O3/c1-3-15-13-7-6-12(18(19)20)14(16-13)17(2)9-11-5-4-8-21-10-11/h6-7,11H,3-5,8-10H2,1-2H3,(H,15,16). The Labute approximate surface area is 124 Å². The van der Waals surface area contributed by atoms with Crippen molar-refractivity contribution in [2.75, 3.05) is 43.6 Å². The lowest BCUT2D eigenvalue weighted by molar-refractivity contribution is -0.384. The molecule has 1 aromatic rings. The van der Waals surface area contributed by atoms with Gasteiger partial charge in [0.15, 0.2) is 0 Å². The van der Waals surface area contributed by atoms with Crippen LogP contribution in [0, 0.1) is 16.0 Å². The molecular weight excluding hydrogens is 272 g/mol. The summed E-state index contributed by atoms with van der Waals surface area (Å²) in [4.78, 5) is 17.0. The molecule has 2 heterocycles. The topological polar surface area (TPSA) is 80.5 Å². The molecule has 1 aliphatic heterocycles. The quantitative estimate of drug-likeness (QED) is 0.640. The highest BCUT2D eigenvalue weighted by molar-refractivity contribution is 5.61. The number of nitrogens with one attached hydrogen (secondary N) is 1. The molecule has 1 fully saturated rings. The van der Waals surface area contributed by atoms with Crippen molar-refractivity contribution in [3.05, 3.63) is 22.2 Å². The fourth-order valence-electron chi connectivity index (χ4n) is 2.57. The molecular formula is C14H22N4O3. The number of pyridine rings is 1. The summed E-state index contributed by atoms with van der Waals surface area (Å²) in [6.45, 7) is 4.93.